The largest absolute Gasteiger partial charge is 0.379 e. The lowest BCUT2D eigenvalue weighted by molar-refractivity contribution is 0.0361. The van der Waals surface area contributed by atoms with Gasteiger partial charge in [0.15, 0.2) is 0 Å². The van der Waals surface area contributed by atoms with Gasteiger partial charge in [0.25, 0.3) is 0 Å². The molecule has 2 aromatic carbocycles. The highest BCUT2D eigenvalue weighted by Gasteiger charge is 2.20. The molecule has 1 saturated heterocycles. The summed E-state index contributed by atoms with van der Waals surface area (Å²) in [6.07, 6.45) is 1.01. The Kier molecular flexibility index (Phi) is 4.53. The minimum atomic E-state index is 0.196. The molecule has 0 spiro atoms. The van der Waals surface area contributed by atoms with Crippen molar-refractivity contribution in [3.63, 3.8) is 0 Å². The summed E-state index contributed by atoms with van der Waals surface area (Å²) < 4.78 is 7.53. The molecule has 1 atom stereocenters. The van der Waals surface area contributed by atoms with Crippen LogP contribution >= 0.6 is 0 Å². The Labute approximate surface area is 141 Å². The predicted octanol–water partition coefficient (Wildman–Crippen LogP) is 2.74. The number of benzene rings is 2. The number of para-hydroxylation sites is 1. The normalized spacial score (nSPS) is 17.2. The van der Waals surface area contributed by atoms with Gasteiger partial charge in [0.1, 0.15) is 5.52 Å². The van der Waals surface area contributed by atoms with Gasteiger partial charge in [0.2, 0.25) is 0 Å². The smallest absolute Gasteiger partial charge is 0.113 e. The van der Waals surface area contributed by atoms with Crippen LogP contribution in [0.2, 0.25) is 0 Å². The van der Waals surface area contributed by atoms with Crippen LogP contribution in [0.15, 0.2) is 54.6 Å². The van der Waals surface area contributed by atoms with Crippen LogP contribution in [0.4, 0.5) is 0 Å². The van der Waals surface area contributed by atoms with Crippen LogP contribution < -0.4 is 0 Å². The van der Waals surface area contributed by atoms with Gasteiger partial charge in [0, 0.05) is 19.6 Å². The van der Waals surface area contributed by atoms with E-state index in [-0.39, 0.29) is 6.04 Å². The average Bonchev–Trinajstić information content (AvgIpc) is 3.08. The van der Waals surface area contributed by atoms with E-state index >= 15 is 0 Å². The van der Waals surface area contributed by atoms with E-state index in [1.165, 1.54) is 5.56 Å². The highest BCUT2D eigenvalue weighted by Crippen LogP contribution is 2.25. The number of fused-ring (bicyclic) bond motifs is 1. The summed E-state index contributed by atoms with van der Waals surface area (Å²) in [5.74, 6) is 0. The van der Waals surface area contributed by atoms with Crippen LogP contribution in [-0.2, 0) is 4.74 Å². The highest BCUT2D eigenvalue weighted by atomic mass is 16.5. The molecule has 5 heteroatoms. The van der Waals surface area contributed by atoms with Crippen LogP contribution in [-0.4, -0.2) is 52.7 Å². The summed E-state index contributed by atoms with van der Waals surface area (Å²) in [7, 11) is 0. The molecule has 3 aromatic rings. The van der Waals surface area contributed by atoms with Gasteiger partial charge in [-0.2, -0.15) is 0 Å². The van der Waals surface area contributed by atoms with Gasteiger partial charge >= 0.3 is 0 Å². The molecule has 1 aromatic heterocycles. The van der Waals surface area contributed by atoms with E-state index in [9.17, 15) is 0 Å². The van der Waals surface area contributed by atoms with Crippen molar-refractivity contribution < 1.29 is 4.74 Å². The van der Waals surface area contributed by atoms with Crippen LogP contribution in [0.1, 0.15) is 18.0 Å². The maximum atomic E-state index is 5.45. The second-order valence-corrected chi connectivity index (χ2v) is 6.19. The van der Waals surface area contributed by atoms with Gasteiger partial charge in [-0.15, -0.1) is 5.10 Å². The molecule has 0 N–H and O–H groups in total. The van der Waals surface area contributed by atoms with Gasteiger partial charge < -0.3 is 4.74 Å². The summed E-state index contributed by atoms with van der Waals surface area (Å²) in [5, 5.41) is 8.80. The number of hydrogen-bond donors (Lipinski definition) is 0. The van der Waals surface area contributed by atoms with Gasteiger partial charge in [-0.1, -0.05) is 47.7 Å². The average molecular weight is 322 g/mol. The van der Waals surface area contributed by atoms with E-state index in [1.54, 1.807) is 0 Å². The molecule has 0 aliphatic carbocycles. The minimum Gasteiger partial charge on any atom is -0.379 e. The summed E-state index contributed by atoms with van der Waals surface area (Å²) >= 11 is 0. The van der Waals surface area contributed by atoms with E-state index in [4.69, 9.17) is 4.74 Å². The second-order valence-electron chi connectivity index (χ2n) is 6.19. The Morgan fingerprint density at radius 2 is 1.71 bits per heavy atom. The highest BCUT2D eigenvalue weighted by molar-refractivity contribution is 5.74. The Balaban J connectivity index is 1.63. The molecule has 1 aliphatic rings. The Morgan fingerprint density at radius 3 is 2.54 bits per heavy atom. The zero-order valence-electron chi connectivity index (χ0n) is 13.7. The Morgan fingerprint density at radius 1 is 0.958 bits per heavy atom. The molecule has 2 heterocycles. The van der Waals surface area contributed by atoms with E-state index in [0.29, 0.717) is 0 Å². The molecule has 1 fully saturated rings. The van der Waals surface area contributed by atoms with Crippen LogP contribution in [0.3, 0.4) is 0 Å². The lowest BCUT2D eigenvalue weighted by atomic mass is 10.0. The monoisotopic (exact) mass is 322 g/mol. The van der Waals surface area contributed by atoms with Crippen molar-refractivity contribution in [2.75, 3.05) is 32.8 Å². The molecular weight excluding hydrogens is 300 g/mol. The predicted molar refractivity (Wildman–Crippen MR) is 94.0 cm³/mol. The third-order valence-corrected chi connectivity index (χ3v) is 4.68. The zero-order chi connectivity index (χ0) is 16.2. The number of nitrogens with zero attached hydrogens (tertiary/aromatic N) is 4. The minimum absolute atomic E-state index is 0.196. The summed E-state index contributed by atoms with van der Waals surface area (Å²) in [6, 6.07) is 19.0. The molecule has 0 amide bonds. The molecule has 0 radical (unpaired) electrons. The van der Waals surface area contributed by atoms with Crippen molar-refractivity contribution >= 4 is 11.0 Å². The summed E-state index contributed by atoms with van der Waals surface area (Å²) in [4.78, 5) is 2.47. The quantitative estimate of drug-likeness (QED) is 0.724. The van der Waals surface area contributed by atoms with Crippen molar-refractivity contribution in [1.29, 1.82) is 0 Å². The maximum absolute atomic E-state index is 5.45. The molecule has 4 rings (SSSR count). The van der Waals surface area contributed by atoms with Crippen molar-refractivity contribution in [2.24, 2.45) is 0 Å². The van der Waals surface area contributed by atoms with E-state index in [1.807, 2.05) is 18.2 Å². The zero-order valence-corrected chi connectivity index (χ0v) is 13.7. The fourth-order valence-electron chi connectivity index (χ4n) is 3.35. The first-order chi connectivity index (χ1) is 11.9. The molecule has 0 saturated carbocycles. The molecule has 1 aliphatic heterocycles. The molecule has 124 valence electrons. The third-order valence-electron chi connectivity index (χ3n) is 4.68. The fraction of sp³-hybridized carbons (Fsp3) is 0.368. The number of hydrogen-bond acceptors (Lipinski definition) is 4. The number of ether oxygens (including phenoxy) is 1. The van der Waals surface area contributed by atoms with Crippen molar-refractivity contribution in [3.05, 3.63) is 60.2 Å². The first-order valence-corrected chi connectivity index (χ1v) is 8.57. The Hall–Kier alpha value is -2.24. The van der Waals surface area contributed by atoms with Gasteiger partial charge in [-0.05, 0) is 24.1 Å². The number of morpholine rings is 1. The van der Waals surface area contributed by atoms with Crippen molar-refractivity contribution in [3.8, 4) is 0 Å². The van der Waals surface area contributed by atoms with Crippen LogP contribution in [0, 0.1) is 0 Å². The molecule has 24 heavy (non-hydrogen) atoms. The first kappa shape index (κ1) is 15.3. The lowest BCUT2D eigenvalue weighted by Gasteiger charge is -2.28. The van der Waals surface area contributed by atoms with E-state index in [2.05, 4.69) is 56.3 Å². The lowest BCUT2D eigenvalue weighted by Crippen LogP contribution is -2.37. The van der Waals surface area contributed by atoms with Crippen molar-refractivity contribution in [2.45, 2.75) is 12.5 Å². The van der Waals surface area contributed by atoms with Crippen LogP contribution in [0.5, 0.6) is 0 Å². The Bertz CT molecular complexity index is 780. The first-order valence-electron chi connectivity index (χ1n) is 8.57. The molecule has 1 unspecified atom stereocenters. The van der Waals surface area contributed by atoms with E-state index in [0.717, 1.165) is 50.3 Å². The van der Waals surface area contributed by atoms with Gasteiger partial charge in [-0.3, -0.25) is 4.90 Å². The van der Waals surface area contributed by atoms with Gasteiger partial charge in [0.05, 0.1) is 24.8 Å². The van der Waals surface area contributed by atoms with E-state index < -0.39 is 0 Å². The van der Waals surface area contributed by atoms with Gasteiger partial charge in [-0.25, -0.2) is 4.68 Å². The second kappa shape index (κ2) is 7.11. The fourth-order valence-corrected chi connectivity index (χ4v) is 3.35. The standard InChI is InChI=1S/C19H22N4O/c1-2-6-16(7-3-1)18(10-11-22-12-14-24-15-13-22)23-19-9-5-4-8-17(19)20-21-23/h1-9,18H,10-15H2. The third kappa shape index (κ3) is 3.18. The summed E-state index contributed by atoms with van der Waals surface area (Å²) in [5.41, 5.74) is 3.32. The molecule has 5 nitrogen and oxygen atoms in total. The number of rotatable bonds is 5. The number of aromatic nitrogens is 3. The topological polar surface area (TPSA) is 43.2 Å². The van der Waals surface area contributed by atoms with Crippen molar-refractivity contribution in [1.82, 2.24) is 19.9 Å². The molecular formula is C19H22N4O. The SMILES string of the molecule is c1ccc(C(CCN2CCOCC2)n2nnc3ccccc32)cc1. The summed E-state index contributed by atoms with van der Waals surface area (Å²) in [6.45, 7) is 4.74. The maximum Gasteiger partial charge on any atom is 0.113 e. The van der Waals surface area contributed by atoms with Crippen LogP contribution in [0.25, 0.3) is 11.0 Å². The molecule has 0 bridgehead atoms.